The van der Waals surface area contributed by atoms with Crippen molar-refractivity contribution < 1.29 is 13.2 Å². The molecule has 1 amide bonds. The molecule has 0 saturated carbocycles. The zero-order valence-corrected chi connectivity index (χ0v) is 15.9. The fraction of sp³-hybridized carbons (Fsp3) is 0.200. The fourth-order valence-electron chi connectivity index (χ4n) is 2.84. The Hall–Kier alpha value is -2.93. The number of rotatable bonds is 5. The minimum absolute atomic E-state index is 0.154. The van der Waals surface area contributed by atoms with Crippen LogP contribution in [0.2, 0.25) is 0 Å². The molecule has 2 aromatic carbocycles. The predicted molar refractivity (Wildman–Crippen MR) is 106 cm³/mol. The van der Waals surface area contributed by atoms with Crippen molar-refractivity contribution in [2.24, 2.45) is 0 Å². The second-order valence-electron chi connectivity index (χ2n) is 6.39. The number of sulfone groups is 1. The van der Waals surface area contributed by atoms with Crippen molar-refractivity contribution in [3.8, 4) is 0 Å². The largest absolute Gasteiger partial charge is 0.326 e. The molecular formula is C20H20N2O4S. The molecule has 0 spiro atoms. The van der Waals surface area contributed by atoms with Gasteiger partial charge >= 0.3 is 0 Å². The van der Waals surface area contributed by atoms with E-state index in [0.29, 0.717) is 16.8 Å². The average Bonchev–Trinajstić information content (AvgIpc) is 2.65. The minimum atomic E-state index is -3.51. The first kappa shape index (κ1) is 18.8. The third kappa shape index (κ3) is 4.09. The maximum absolute atomic E-state index is 12.3. The fourth-order valence-corrected chi connectivity index (χ4v) is 4.10. The molecule has 0 atom stereocenters. The first-order valence-electron chi connectivity index (χ1n) is 8.49. The van der Waals surface area contributed by atoms with Crippen LogP contribution >= 0.6 is 0 Å². The summed E-state index contributed by atoms with van der Waals surface area (Å²) in [6.45, 7) is 3.63. The lowest BCUT2D eigenvalue weighted by Crippen LogP contribution is -2.17. The van der Waals surface area contributed by atoms with Crippen LogP contribution in [-0.4, -0.2) is 25.1 Å². The molecule has 3 rings (SSSR count). The van der Waals surface area contributed by atoms with Gasteiger partial charge in [0.15, 0.2) is 9.84 Å². The number of H-pyrrole nitrogens is 1. The molecule has 140 valence electrons. The van der Waals surface area contributed by atoms with Gasteiger partial charge in [-0.25, -0.2) is 8.42 Å². The van der Waals surface area contributed by atoms with Gasteiger partial charge in [-0.05, 0) is 43.7 Å². The predicted octanol–water partition coefficient (Wildman–Crippen LogP) is 2.95. The molecule has 3 aromatic rings. The number of pyridine rings is 1. The number of anilines is 1. The number of aryl methyl sites for hydroxylation is 1. The first-order valence-corrected chi connectivity index (χ1v) is 10.1. The second-order valence-corrected chi connectivity index (χ2v) is 8.50. The van der Waals surface area contributed by atoms with Crippen LogP contribution in [0, 0.1) is 13.8 Å². The summed E-state index contributed by atoms with van der Waals surface area (Å²) in [6, 6.07) is 13.3. The van der Waals surface area contributed by atoms with Crippen molar-refractivity contribution in [1.29, 1.82) is 0 Å². The van der Waals surface area contributed by atoms with E-state index in [0.717, 1.165) is 10.9 Å². The molecule has 0 fully saturated rings. The monoisotopic (exact) mass is 384 g/mol. The van der Waals surface area contributed by atoms with Gasteiger partial charge in [-0.15, -0.1) is 0 Å². The van der Waals surface area contributed by atoms with Crippen LogP contribution in [0.3, 0.4) is 0 Å². The Morgan fingerprint density at radius 3 is 2.44 bits per heavy atom. The third-order valence-corrected chi connectivity index (χ3v) is 6.29. The maximum Gasteiger partial charge on any atom is 0.251 e. The van der Waals surface area contributed by atoms with E-state index in [1.165, 1.54) is 12.1 Å². The Labute approximate surface area is 157 Å². The number of carbonyl (C=O) groups excluding carboxylic acids is 1. The van der Waals surface area contributed by atoms with Crippen molar-refractivity contribution in [2.75, 3.05) is 11.1 Å². The van der Waals surface area contributed by atoms with E-state index >= 15 is 0 Å². The molecule has 1 aromatic heterocycles. The molecule has 0 aliphatic heterocycles. The van der Waals surface area contributed by atoms with Crippen molar-refractivity contribution in [3.05, 3.63) is 70.0 Å². The van der Waals surface area contributed by atoms with Gasteiger partial charge in [0, 0.05) is 23.1 Å². The summed E-state index contributed by atoms with van der Waals surface area (Å²) in [5.41, 5.74) is 2.50. The third-order valence-electron chi connectivity index (χ3n) is 4.56. The number of fused-ring (bicyclic) bond motifs is 1. The molecule has 7 heteroatoms. The van der Waals surface area contributed by atoms with Crippen LogP contribution in [-0.2, 0) is 14.6 Å². The van der Waals surface area contributed by atoms with Crippen molar-refractivity contribution in [2.45, 2.75) is 25.2 Å². The van der Waals surface area contributed by atoms with Gasteiger partial charge in [-0.2, -0.15) is 0 Å². The standard InChI is InChI=1S/C20H20N2O4S/c1-13-14(2)20(24)22-18-12-15(8-9-17(13)18)21-19(23)10-11-27(25,26)16-6-4-3-5-7-16/h3-9,12H,10-11H2,1-2H3,(H,21,23)(H,22,24). The molecule has 0 saturated heterocycles. The van der Waals surface area contributed by atoms with Crippen LogP contribution in [0.4, 0.5) is 5.69 Å². The van der Waals surface area contributed by atoms with E-state index in [4.69, 9.17) is 0 Å². The van der Waals surface area contributed by atoms with Gasteiger partial charge in [0.2, 0.25) is 5.91 Å². The van der Waals surface area contributed by atoms with Gasteiger partial charge in [-0.3, -0.25) is 9.59 Å². The Bertz CT molecular complexity index is 1170. The lowest BCUT2D eigenvalue weighted by Gasteiger charge is -2.09. The quantitative estimate of drug-likeness (QED) is 0.707. The van der Waals surface area contributed by atoms with Crippen molar-refractivity contribution in [3.63, 3.8) is 0 Å². The molecule has 2 N–H and O–H groups in total. The molecule has 0 radical (unpaired) electrons. The van der Waals surface area contributed by atoms with Crippen molar-refractivity contribution >= 4 is 32.3 Å². The summed E-state index contributed by atoms with van der Waals surface area (Å²) in [7, 11) is -3.51. The molecule has 0 aliphatic rings. The van der Waals surface area contributed by atoms with E-state index in [1.807, 2.05) is 13.0 Å². The number of nitrogens with one attached hydrogen (secondary N) is 2. The van der Waals surface area contributed by atoms with E-state index in [9.17, 15) is 18.0 Å². The zero-order valence-electron chi connectivity index (χ0n) is 15.1. The first-order chi connectivity index (χ1) is 12.8. The van der Waals surface area contributed by atoms with Crippen LogP contribution < -0.4 is 10.9 Å². The highest BCUT2D eigenvalue weighted by atomic mass is 32.2. The number of aromatic nitrogens is 1. The minimum Gasteiger partial charge on any atom is -0.326 e. The van der Waals surface area contributed by atoms with Crippen LogP contribution in [0.1, 0.15) is 17.5 Å². The Balaban J connectivity index is 1.73. The Morgan fingerprint density at radius 1 is 1.04 bits per heavy atom. The molecule has 0 bridgehead atoms. The maximum atomic E-state index is 12.3. The summed E-state index contributed by atoms with van der Waals surface area (Å²) in [4.78, 5) is 27.1. The summed E-state index contributed by atoms with van der Waals surface area (Å²) in [5.74, 6) is -0.675. The van der Waals surface area contributed by atoms with Gasteiger partial charge < -0.3 is 10.3 Å². The number of hydrogen-bond donors (Lipinski definition) is 2. The summed E-state index contributed by atoms with van der Waals surface area (Å²) in [5, 5.41) is 3.59. The van der Waals surface area contributed by atoms with Crippen LogP contribution in [0.25, 0.3) is 10.9 Å². The van der Waals surface area contributed by atoms with E-state index < -0.39 is 15.7 Å². The van der Waals surface area contributed by atoms with E-state index in [1.54, 1.807) is 37.3 Å². The van der Waals surface area contributed by atoms with Gasteiger partial charge in [0.25, 0.3) is 5.56 Å². The highest BCUT2D eigenvalue weighted by Gasteiger charge is 2.16. The van der Waals surface area contributed by atoms with Crippen molar-refractivity contribution in [1.82, 2.24) is 4.98 Å². The highest BCUT2D eigenvalue weighted by Crippen LogP contribution is 2.21. The number of carbonyl (C=O) groups is 1. The number of aromatic amines is 1. The summed E-state index contributed by atoms with van der Waals surface area (Å²) in [6.07, 6.45) is -0.154. The van der Waals surface area contributed by atoms with Crippen LogP contribution in [0.15, 0.2) is 58.2 Å². The molecular weight excluding hydrogens is 364 g/mol. The number of benzene rings is 2. The van der Waals surface area contributed by atoms with E-state index in [-0.39, 0.29) is 22.6 Å². The van der Waals surface area contributed by atoms with E-state index in [2.05, 4.69) is 10.3 Å². The lowest BCUT2D eigenvalue weighted by atomic mass is 10.1. The smallest absolute Gasteiger partial charge is 0.251 e. The normalized spacial score (nSPS) is 11.5. The van der Waals surface area contributed by atoms with Gasteiger partial charge in [0.05, 0.1) is 16.2 Å². The second kappa shape index (κ2) is 7.36. The Morgan fingerprint density at radius 2 is 1.74 bits per heavy atom. The zero-order chi connectivity index (χ0) is 19.6. The summed E-state index contributed by atoms with van der Waals surface area (Å²) < 4.78 is 24.5. The van der Waals surface area contributed by atoms with Gasteiger partial charge in [0.1, 0.15) is 0 Å². The molecule has 0 unspecified atom stereocenters. The topological polar surface area (TPSA) is 96.1 Å². The Kier molecular flexibility index (Phi) is 5.14. The average molecular weight is 384 g/mol. The molecule has 0 aliphatic carbocycles. The molecule has 6 nitrogen and oxygen atoms in total. The number of amides is 1. The van der Waals surface area contributed by atoms with Crippen LogP contribution in [0.5, 0.6) is 0 Å². The molecule has 1 heterocycles. The SMILES string of the molecule is Cc1c(C)c2ccc(NC(=O)CCS(=O)(=O)c3ccccc3)cc2[nH]c1=O. The molecule has 27 heavy (non-hydrogen) atoms. The lowest BCUT2D eigenvalue weighted by molar-refractivity contribution is -0.115. The summed E-state index contributed by atoms with van der Waals surface area (Å²) >= 11 is 0. The highest BCUT2D eigenvalue weighted by molar-refractivity contribution is 7.91. The van der Waals surface area contributed by atoms with Gasteiger partial charge in [-0.1, -0.05) is 24.3 Å². The number of hydrogen-bond acceptors (Lipinski definition) is 4.